The molecule has 1 saturated heterocycles. The minimum atomic E-state index is 0.0269. The standard InChI is InChI=1S/C20H20N4O2/c1-26-17-5-2-4-15(12-17)18-6-3-10-24(18)20(25)16-7-8-22-19(13-16)23-11-9-21-14-23/h2,4-5,7-9,11-14,18H,3,6,10H2,1H3/t18-/m0/s1. The van der Waals surface area contributed by atoms with Crippen LogP contribution in [0.1, 0.15) is 34.8 Å². The van der Waals surface area contributed by atoms with Crippen LogP contribution in [0, 0.1) is 0 Å². The zero-order valence-electron chi connectivity index (χ0n) is 14.6. The van der Waals surface area contributed by atoms with Crippen LogP contribution in [0.5, 0.6) is 5.75 Å². The number of nitrogens with zero attached hydrogens (tertiary/aromatic N) is 4. The summed E-state index contributed by atoms with van der Waals surface area (Å²) in [6.45, 7) is 0.753. The first kappa shape index (κ1) is 16.3. The largest absolute Gasteiger partial charge is 0.497 e. The molecule has 6 nitrogen and oxygen atoms in total. The van der Waals surface area contributed by atoms with Crippen molar-refractivity contribution in [1.82, 2.24) is 19.4 Å². The third-order valence-corrected chi connectivity index (χ3v) is 4.75. The number of aromatic nitrogens is 3. The average Bonchev–Trinajstić information content (AvgIpc) is 3.39. The predicted octanol–water partition coefficient (Wildman–Crippen LogP) is 3.25. The number of hydrogen-bond acceptors (Lipinski definition) is 4. The van der Waals surface area contributed by atoms with E-state index in [4.69, 9.17) is 4.74 Å². The molecule has 6 heteroatoms. The molecule has 3 aromatic rings. The van der Waals surface area contributed by atoms with E-state index in [1.54, 1.807) is 36.5 Å². The Hall–Kier alpha value is -3.15. The van der Waals surface area contributed by atoms with Gasteiger partial charge in [0.15, 0.2) is 0 Å². The number of rotatable bonds is 4. The number of carbonyl (C=O) groups excluding carboxylic acids is 1. The number of pyridine rings is 1. The van der Waals surface area contributed by atoms with Gasteiger partial charge in [0, 0.05) is 30.7 Å². The van der Waals surface area contributed by atoms with Gasteiger partial charge in [-0.3, -0.25) is 9.36 Å². The lowest BCUT2D eigenvalue weighted by atomic mass is 10.0. The summed E-state index contributed by atoms with van der Waals surface area (Å²) in [4.78, 5) is 23.5. The molecule has 0 radical (unpaired) electrons. The highest BCUT2D eigenvalue weighted by atomic mass is 16.5. The Balaban J connectivity index is 1.62. The van der Waals surface area contributed by atoms with Crippen LogP contribution >= 0.6 is 0 Å². The van der Waals surface area contributed by atoms with Gasteiger partial charge in [-0.05, 0) is 42.7 Å². The van der Waals surface area contributed by atoms with Crippen LogP contribution in [0.3, 0.4) is 0 Å². The number of methoxy groups -OCH3 is 1. The number of benzene rings is 1. The second-order valence-corrected chi connectivity index (χ2v) is 6.31. The summed E-state index contributed by atoms with van der Waals surface area (Å²) < 4.78 is 7.12. The lowest BCUT2D eigenvalue weighted by molar-refractivity contribution is 0.0735. The number of carbonyl (C=O) groups is 1. The Labute approximate surface area is 152 Å². The molecule has 0 unspecified atom stereocenters. The van der Waals surface area contributed by atoms with Crippen molar-refractivity contribution in [2.45, 2.75) is 18.9 Å². The quantitative estimate of drug-likeness (QED) is 0.726. The molecule has 132 valence electrons. The van der Waals surface area contributed by atoms with Crippen LogP contribution in [0.2, 0.25) is 0 Å². The second kappa shape index (κ2) is 7.00. The summed E-state index contributed by atoms with van der Waals surface area (Å²) in [7, 11) is 1.66. The first-order chi connectivity index (χ1) is 12.8. The minimum absolute atomic E-state index is 0.0269. The monoisotopic (exact) mass is 348 g/mol. The van der Waals surface area contributed by atoms with Crippen molar-refractivity contribution in [2.75, 3.05) is 13.7 Å². The molecule has 1 fully saturated rings. The van der Waals surface area contributed by atoms with E-state index in [1.807, 2.05) is 35.4 Å². The van der Waals surface area contributed by atoms with Crippen LogP contribution in [-0.4, -0.2) is 39.0 Å². The Morgan fingerprint density at radius 1 is 1.23 bits per heavy atom. The van der Waals surface area contributed by atoms with Crippen LogP contribution in [0.25, 0.3) is 5.82 Å². The van der Waals surface area contributed by atoms with Crippen molar-refractivity contribution in [1.29, 1.82) is 0 Å². The number of amides is 1. The SMILES string of the molecule is COc1cccc([C@@H]2CCCN2C(=O)c2ccnc(-n3ccnc3)c2)c1. The molecule has 1 aliphatic rings. The van der Waals surface area contributed by atoms with Crippen molar-refractivity contribution in [2.24, 2.45) is 0 Å². The molecule has 0 N–H and O–H groups in total. The number of ether oxygens (including phenoxy) is 1. The maximum atomic E-state index is 13.1. The highest BCUT2D eigenvalue weighted by Gasteiger charge is 2.31. The van der Waals surface area contributed by atoms with E-state index in [9.17, 15) is 4.79 Å². The van der Waals surface area contributed by atoms with Crippen LogP contribution in [0.15, 0.2) is 61.3 Å². The van der Waals surface area contributed by atoms with E-state index < -0.39 is 0 Å². The molecule has 2 aromatic heterocycles. The van der Waals surface area contributed by atoms with Gasteiger partial charge < -0.3 is 9.64 Å². The molecule has 1 aliphatic heterocycles. The zero-order chi connectivity index (χ0) is 17.9. The maximum Gasteiger partial charge on any atom is 0.254 e. The van der Waals surface area contributed by atoms with Gasteiger partial charge in [-0.2, -0.15) is 0 Å². The van der Waals surface area contributed by atoms with Crippen LogP contribution < -0.4 is 4.74 Å². The first-order valence-electron chi connectivity index (χ1n) is 8.65. The molecule has 0 aliphatic carbocycles. The topological polar surface area (TPSA) is 60.2 Å². The minimum Gasteiger partial charge on any atom is -0.497 e. The number of likely N-dealkylation sites (tertiary alicyclic amines) is 1. The molecular weight excluding hydrogens is 328 g/mol. The fourth-order valence-electron chi connectivity index (χ4n) is 3.46. The van der Waals surface area contributed by atoms with Crippen LogP contribution in [0.4, 0.5) is 0 Å². The van der Waals surface area contributed by atoms with E-state index in [0.717, 1.165) is 30.7 Å². The molecule has 26 heavy (non-hydrogen) atoms. The summed E-state index contributed by atoms with van der Waals surface area (Å²) >= 11 is 0. The molecule has 1 amide bonds. The molecule has 0 saturated carbocycles. The molecule has 0 bridgehead atoms. The van der Waals surface area contributed by atoms with Gasteiger partial charge in [-0.15, -0.1) is 0 Å². The van der Waals surface area contributed by atoms with E-state index in [-0.39, 0.29) is 11.9 Å². The van der Waals surface area contributed by atoms with Gasteiger partial charge in [0.25, 0.3) is 5.91 Å². The lowest BCUT2D eigenvalue weighted by Crippen LogP contribution is -2.30. The molecule has 4 rings (SSSR count). The summed E-state index contributed by atoms with van der Waals surface area (Å²) in [5.41, 5.74) is 1.75. The molecule has 0 spiro atoms. The van der Waals surface area contributed by atoms with Gasteiger partial charge in [0.2, 0.25) is 0 Å². The maximum absolute atomic E-state index is 13.1. The average molecular weight is 348 g/mol. The fourth-order valence-corrected chi connectivity index (χ4v) is 3.46. The van der Waals surface area contributed by atoms with Crippen LogP contribution in [-0.2, 0) is 0 Å². The third-order valence-electron chi connectivity index (χ3n) is 4.75. The third kappa shape index (κ3) is 3.06. The Bertz CT molecular complexity index is 908. The van der Waals surface area contributed by atoms with E-state index in [0.29, 0.717) is 11.4 Å². The van der Waals surface area contributed by atoms with Gasteiger partial charge in [0.05, 0.1) is 13.2 Å². The molecular formula is C20H20N4O2. The lowest BCUT2D eigenvalue weighted by Gasteiger charge is -2.25. The zero-order valence-corrected chi connectivity index (χ0v) is 14.6. The molecule has 3 heterocycles. The van der Waals surface area contributed by atoms with Gasteiger partial charge in [-0.25, -0.2) is 9.97 Å². The van der Waals surface area contributed by atoms with Crippen molar-refractivity contribution in [3.05, 3.63) is 72.4 Å². The van der Waals surface area contributed by atoms with Crippen molar-refractivity contribution in [3.63, 3.8) is 0 Å². The first-order valence-corrected chi connectivity index (χ1v) is 8.65. The summed E-state index contributed by atoms with van der Waals surface area (Å²) in [5, 5.41) is 0. The smallest absolute Gasteiger partial charge is 0.254 e. The van der Waals surface area contributed by atoms with Crippen molar-refractivity contribution >= 4 is 5.91 Å². The highest BCUT2D eigenvalue weighted by molar-refractivity contribution is 5.95. The summed E-state index contributed by atoms with van der Waals surface area (Å²) in [5.74, 6) is 1.53. The Morgan fingerprint density at radius 2 is 2.15 bits per heavy atom. The second-order valence-electron chi connectivity index (χ2n) is 6.31. The van der Waals surface area contributed by atoms with Crippen molar-refractivity contribution in [3.8, 4) is 11.6 Å². The van der Waals surface area contributed by atoms with E-state index in [1.165, 1.54) is 0 Å². The number of imidazole rings is 1. The molecule has 1 atom stereocenters. The fraction of sp³-hybridized carbons (Fsp3) is 0.250. The van der Waals surface area contributed by atoms with E-state index in [2.05, 4.69) is 16.0 Å². The normalized spacial score (nSPS) is 16.7. The Morgan fingerprint density at radius 3 is 2.96 bits per heavy atom. The highest BCUT2D eigenvalue weighted by Crippen LogP contribution is 2.34. The summed E-state index contributed by atoms with van der Waals surface area (Å²) in [6.07, 6.45) is 8.79. The van der Waals surface area contributed by atoms with Gasteiger partial charge in [-0.1, -0.05) is 12.1 Å². The van der Waals surface area contributed by atoms with Gasteiger partial charge >= 0.3 is 0 Å². The van der Waals surface area contributed by atoms with Gasteiger partial charge in [0.1, 0.15) is 17.9 Å². The van der Waals surface area contributed by atoms with E-state index >= 15 is 0 Å². The van der Waals surface area contributed by atoms with Crippen molar-refractivity contribution < 1.29 is 9.53 Å². The molecule has 1 aromatic carbocycles. The predicted molar refractivity (Wildman–Crippen MR) is 97.4 cm³/mol. The summed E-state index contributed by atoms with van der Waals surface area (Å²) in [6, 6.07) is 11.6. The Kier molecular flexibility index (Phi) is 4.39. The number of hydrogen-bond donors (Lipinski definition) is 0.